The van der Waals surface area contributed by atoms with Gasteiger partial charge in [-0.25, -0.2) is 13.1 Å². The second kappa shape index (κ2) is 6.14. The summed E-state index contributed by atoms with van der Waals surface area (Å²) in [5, 5.41) is 3.38. The van der Waals surface area contributed by atoms with Crippen LogP contribution in [-0.4, -0.2) is 21.0 Å². The van der Waals surface area contributed by atoms with E-state index in [0.29, 0.717) is 29.1 Å². The zero-order valence-electron chi connectivity index (χ0n) is 12.4. The Morgan fingerprint density at radius 2 is 1.90 bits per heavy atom. The second-order valence-electron chi connectivity index (χ2n) is 5.81. The Labute approximate surface area is 122 Å². The summed E-state index contributed by atoms with van der Waals surface area (Å²) in [6, 6.07) is 7.51. The van der Waals surface area contributed by atoms with Crippen molar-refractivity contribution in [1.29, 1.82) is 0 Å². The van der Waals surface area contributed by atoms with Crippen molar-refractivity contribution in [1.82, 2.24) is 4.72 Å². The van der Waals surface area contributed by atoms with E-state index in [4.69, 9.17) is 0 Å². The fraction of sp³-hybridized carbons (Fsp3) is 0.600. The standard InChI is InChI=1S/C15H24N2O2S/c1-4-16-20(18,19)15-8-6-5-7-14(15)17-13-9-12(10-13)11(2)3/h5-8,11-13,16-17H,4,9-10H2,1-3H3. The molecule has 0 radical (unpaired) electrons. The highest BCUT2D eigenvalue weighted by atomic mass is 32.2. The summed E-state index contributed by atoms with van der Waals surface area (Å²) in [5.74, 6) is 1.46. The van der Waals surface area contributed by atoms with Crippen LogP contribution >= 0.6 is 0 Å². The number of rotatable bonds is 6. The van der Waals surface area contributed by atoms with Crippen LogP contribution in [0.25, 0.3) is 0 Å². The number of para-hydroxylation sites is 1. The lowest BCUT2D eigenvalue weighted by atomic mass is 9.73. The van der Waals surface area contributed by atoms with Gasteiger partial charge in [0.25, 0.3) is 0 Å². The average Bonchev–Trinajstić information content (AvgIpc) is 2.33. The number of hydrogen-bond acceptors (Lipinski definition) is 3. The minimum absolute atomic E-state index is 0.342. The van der Waals surface area contributed by atoms with Crippen LogP contribution in [0.2, 0.25) is 0 Å². The van der Waals surface area contributed by atoms with Crippen molar-refractivity contribution < 1.29 is 8.42 Å². The highest BCUT2D eigenvalue weighted by Gasteiger charge is 2.32. The Hall–Kier alpha value is -1.07. The second-order valence-corrected chi connectivity index (χ2v) is 7.55. The molecule has 0 heterocycles. The van der Waals surface area contributed by atoms with Gasteiger partial charge in [-0.05, 0) is 36.8 Å². The van der Waals surface area contributed by atoms with Crippen molar-refractivity contribution in [2.45, 2.75) is 44.6 Å². The lowest BCUT2D eigenvalue weighted by molar-refractivity contribution is 0.211. The minimum atomic E-state index is -3.41. The van der Waals surface area contributed by atoms with E-state index in [1.165, 1.54) is 0 Å². The van der Waals surface area contributed by atoms with Gasteiger partial charge in [-0.3, -0.25) is 0 Å². The summed E-state index contributed by atoms with van der Waals surface area (Å²) in [5.41, 5.74) is 0.709. The van der Waals surface area contributed by atoms with E-state index < -0.39 is 10.0 Å². The Morgan fingerprint density at radius 1 is 1.25 bits per heavy atom. The summed E-state index contributed by atoms with van der Waals surface area (Å²) < 4.78 is 26.9. The van der Waals surface area contributed by atoms with Crippen LogP contribution < -0.4 is 10.0 Å². The smallest absolute Gasteiger partial charge is 0.242 e. The predicted molar refractivity (Wildman–Crippen MR) is 82.3 cm³/mol. The first-order valence-corrected chi connectivity index (χ1v) is 8.77. The normalized spacial score (nSPS) is 22.6. The third-order valence-electron chi connectivity index (χ3n) is 3.99. The average molecular weight is 296 g/mol. The molecule has 1 aliphatic rings. The SMILES string of the molecule is CCNS(=O)(=O)c1ccccc1NC1CC(C(C)C)C1. The molecule has 0 amide bonds. The third-order valence-corrected chi connectivity index (χ3v) is 5.59. The molecule has 0 aromatic heterocycles. The Bertz CT molecular complexity index is 549. The molecule has 4 nitrogen and oxygen atoms in total. The topological polar surface area (TPSA) is 58.2 Å². The van der Waals surface area contributed by atoms with Gasteiger partial charge in [0.15, 0.2) is 0 Å². The maximum atomic E-state index is 12.2. The van der Waals surface area contributed by atoms with Gasteiger partial charge in [0.1, 0.15) is 4.90 Å². The summed E-state index contributed by atoms with van der Waals surface area (Å²) in [6.45, 7) is 6.66. The quantitative estimate of drug-likeness (QED) is 0.848. The molecular formula is C15H24N2O2S. The highest BCUT2D eigenvalue weighted by Crippen LogP contribution is 2.36. The molecule has 5 heteroatoms. The first-order valence-electron chi connectivity index (χ1n) is 7.29. The summed E-state index contributed by atoms with van der Waals surface area (Å²) in [7, 11) is -3.41. The molecule has 1 aromatic rings. The number of sulfonamides is 1. The molecule has 2 N–H and O–H groups in total. The molecule has 1 aromatic carbocycles. The van der Waals surface area contributed by atoms with Crippen molar-refractivity contribution >= 4 is 15.7 Å². The maximum absolute atomic E-state index is 12.2. The van der Waals surface area contributed by atoms with E-state index in [1.54, 1.807) is 19.1 Å². The van der Waals surface area contributed by atoms with E-state index in [2.05, 4.69) is 23.9 Å². The first kappa shape index (κ1) is 15.3. The van der Waals surface area contributed by atoms with Crippen molar-refractivity contribution in [2.75, 3.05) is 11.9 Å². The third kappa shape index (κ3) is 3.33. The molecule has 0 bridgehead atoms. The van der Waals surface area contributed by atoms with Crippen molar-refractivity contribution in [3.63, 3.8) is 0 Å². The van der Waals surface area contributed by atoms with Gasteiger partial charge in [0.2, 0.25) is 10.0 Å². The van der Waals surface area contributed by atoms with Gasteiger partial charge in [-0.15, -0.1) is 0 Å². The van der Waals surface area contributed by atoms with Crippen molar-refractivity contribution in [3.8, 4) is 0 Å². The highest BCUT2D eigenvalue weighted by molar-refractivity contribution is 7.89. The van der Waals surface area contributed by atoms with Gasteiger partial charge in [-0.1, -0.05) is 32.9 Å². The molecule has 2 rings (SSSR count). The van der Waals surface area contributed by atoms with Crippen molar-refractivity contribution in [3.05, 3.63) is 24.3 Å². The van der Waals surface area contributed by atoms with Crippen LogP contribution in [0.3, 0.4) is 0 Å². The number of nitrogens with one attached hydrogen (secondary N) is 2. The van der Waals surface area contributed by atoms with E-state index >= 15 is 0 Å². The molecule has 112 valence electrons. The lowest BCUT2D eigenvalue weighted by Gasteiger charge is -2.39. The predicted octanol–water partition coefficient (Wildman–Crippen LogP) is 2.83. The number of benzene rings is 1. The number of anilines is 1. The maximum Gasteiger partial charge on any atom is 0.242 e. The molecule has 20 heavy (non-hydrogen) atoms. The lowest BCUT2D eigenvalue weighted by Crippen LogP contribution is -2.38. The molecule has 0 saturated heterocycles. The van der Waals surface area contributed by atoms with Crippen LogP contribution in [0.5, 0.6) is 0 Å². The van der Waals surface area contributed by atoms with Crippen molar-refractivity contribution in [2.24, 2.45) is 11.8 Å². The molecule has 0 unspecified atom stereocenters. The summed E-state index contributed by atoms with van der Waals surface area (Å²) >= 11 is 0. The van der Waals surface area contributed by atoms with E-state index in [1.807, 2.05) is 12.1 Å². The zero-order chi connectivity index (χ0) is 14.8. The van der Waals surface area contributed by atoms with Crippen LogP contribution in [0.1, 0.15) is 33.6 Å². The first-order chi connectivity index (χ1) is 9.44. The van der Waals surface area contributed by atoms with Gasteiger partial charge < -0.3 is 5.32 Å². The van der Waals surface area contributed by atoms with Crippen LogP contribution in [0.4, 0.5) is 5.69 Å². The zero-order valence-corrected chi connectivity index (χ0v) is 13.2. The summed E-state index contributed by atoms with van der Waals surface area (Å²) in [6.07, 6.45) is 2.24. The monoisotopic (exact) mass is 296 g/mol. The van der Waals surface area contributed by atoms with Crippen LogP contribution in [-0.2, 0) is 10.0 Å². The fourth-order valence-electron chi connectivity index (χ4n) is 2.63. The molecule has 1 saturated carbocycles. The minimum Gasteiger partial charge on any atom is -0.381 e. The molecule has 0 atom stereocenters. The van der Waals surface area contributed by atoms with E-state index in [-0.39, 0.29) is 0 Å². The summed E-state index contributed by atoms with van der Waals surface area (Å²) in [4.78, 5) is 0.342. The molecule has 0 spiro atoms. The molecule has 0 aliphatic heterocycles. The van der Waals surface area contributed by atoms with Gasteiger partial charge in [-0.2, -0.15) is 0 Å². The number of hydrogen-bond donors (Lipinski definition) is 2. The van der Waals surface area contributed by atoms with Gasteiger partial charge in [0, 0.05) is 12.6 Å². The van der Waals surface area contributed by atoms with Gasteiger partial charge >= 0.3 is 0 Å². The van der Waals surface area contributed by atoms with Crippen LogP contribution in [0, 0.1) is 11.8 Å². The van der Waals surface area contributed by atoms with E-state index in [0.717, 1.165) is 18.8 Å². The molecule has 1 fully saturated rings. The molecular weight excluding hydrogens is 272 g/mol. The van der Waals surface area contributed by atoms with Crippen LogP contribution in [0.15, 0.2) is 29.2 Å². The van der Waals surface area contributed by atoms with Gasteiger partial charge in [0.05, 0.1) is 5.69 Å². The Morgan fingerprint density at radius 3 is 2.50 bits per heavy atom. The largest absolute Gasteiger partial charge is 0.381 e. The Kier molecular flexibility index (Phi) is 4.70. The Balaban J connectivity index is 2.10. The van der Waals surface area contributed by atoms with E-state index in [9.17, 15) is 8.42 Å². The fourth-order valence-corrected chi connectivity index (χ4v) is 3.84. The molecule has 1 aliphatic carbocycles.